The molecule has 0 saturated heterocycles. The molecule has 2 rings (SSSR count). The molecule has 0 atom stereocenters. The Kier molecular flexibility index (Phi) is 7.27. The molecule has 114 valence electrons. The van der Waals surface area contributed by atoms with Gasteiger partial charge in [-0.15, -0.1) is 0 Å². The maximum Gasteiger partial charge on any atom is 0.0722 e. The number of unbranched alkanes of at least 4 members (excludes halogenated alkanes) is 5. The van der Waals surface area contributed by atoms with Crippen molar-refractivity contribution >= 4 is 10.8 Å². The summed E-state index contributed by atoms with van der Waals surface area (Å²) in [6.07, 6.45) is 6.91. The summed E-state index contributed by atoms with van der Waals surface area (Å²) in [5.41, 5.74) is 1.27. The molecular formula is C19H26O2. The lowest BCUT2D eigenvalue weighted by molar-refractivity contribution is 0.117. The Bertz CT molecular complexity index is 516. The predicted molar refractivity (Wildman–Crippen MR) is 88.4 cm³/mol. The van der Waals surface area contributed by atoms with Gasteiger partial charge in [0.1, 0.15) is 0 Å². The number of ether oxygens (including phenoxy) is 1. The fourth-order valence-electron chi connectivity index (χ4n) is 2.62. The topological polar surface area (TPSA) is 29.5 Å². The highest BCUT2D eigenvalue weighted by molar-refractivity contribution is 5.85. The highest BCUT2D eigenvalue weighted by atomic mass is 16.5. The minimum absolute atomic E-state index is 0.328. The van der Waals surface area contributed by atoms with Crippen LogP contribution in [0.3, 0.4) is 0 Å². The minimum Gasteiger partial charge on any atom is -0.396 e. The van der Waals surface area contributed by atoms with Crippen LogP contribution in [0.15, 0.2) is 42.5 Å². The third-order valence-corrected chi connectivity index (χ3v) is 3.83. The monoisotopic (exact) mass is 286 g/mol. The van der Waals surface area contributed by atoms with Crippen molar-refractivity contribution in [3.8, 4) is 0 Å². The van der Waals surface area contributed by atoms with Crippen LogP contribution in [0.1, 0.15) is 44.1 Å². The first-order chi connectivity index (χ1) is 10.4. The van der Waals surface area contributed by atoms with Crippen LogP contribution in [0, 0.1) is 0 Å². The van der Waals surface area contributed by atoms with Gasteiger partial charge in [0.25, 0.3) is 0 Å². The number of hydrogen-bond donors (Lipinski definition) is 1. The SMILES string of the molecule is OCCCCCCCCOCc1cccc2ccccc12. The van der Waals surface area contributed by atoms with Crippen LogP contribution < -0.4 is 0 Å². The molecule has 0 aliphatic carbocycles. The van der Waals surface area contributed by atoms with Crippen molar-refractivity contribution in [2.75, 3.05) is 13.2 Å². The van der Waals surface area contributed by atoms with Gasteiger partial charge in [-0.05, 0) is 29.2 Å². The second-order valence-corrected chi connectivity index (χ2v) is 5.54. The number of rotatable bonds is 10. The highest BCUT2D eigenvalue weighted by Gasteiger charge is 2.00. The zero-order valence-corrected chi connectivity index (χ0v) is 12.8. The van der Waals surface area contributed by atoms with Crippen LogP contribution in [0.5, 0.6) is 0 Å². The number of fused-ring (bicyclic) bond motifs is 1. The fourth-order valence-corrected chi connectivity index (χ4v) is 2.62. The Morgan fingerprint density at radius 2 is 1.48 bits per heavy atom. The Balaban J connectivity index is 1.64. The van der Waals surface area contributed by atoms with Gasteiger partial charge in [0.05, 0.1) is 6.61 Å². The first-order valence-corrected chi connectivity index (χ1v) is 8.07. The zero-order valence-electron chi connectivity index (χ0n) is 12.8. The molecule has 0 aliphatic rings. The number of benzene rings is 2. The molecule has 2 heteroatoms. The van der Waals surface area contributed by atoms with Crippen LogP contribution in [0.4, 0.5) is 0 Å². The van der Waals surface area contributed by atoms with E-state index in [0.29, 0.717) is 13.2 Å². The minimum atomic E-state index is 0.328. The van der Waals surface area contributed by atoms with Crippen molar-refractivity contribution in [1.82, 2.24) is 0 Å². The van der Waals surface area contributed by atoms with E-state index in [1.54, 1.807) is 0 Å². The standard InChI is InChI=1S/C19H26O2/c20-14-7-3-1-2-4-8-15-21-16-18-12-9-11-17-10-5-6-13-19(17)18/h5-6,9-13,20H,1-4,7-8,14-16H2. The summed E-state index contributed by atoms with van der Waals surface area (Å²) in [5, 5.41) is 11.3. The number of aliphatic hydroxyl groups is 1. The molecule has 21 heavy (non-hydrogen) atoms. The molecule has 0 aliphatic heterocycles. The molecule has 0 spiro atoms. The van der Waals surface area contributed by atoms with Gasteiger partial charge in [-0.25, -0.2) is 0 Å². The fraction of sp³-hybridized carbons (Fsp3) is 0.474. The average Bonchev–Trinajstić information content (AvgIpc) is 2.53. The summed E-state index contributed by atoms with van der Waals surface area (Å²) >= 11 is 0. The zero-order chi connectivity index (χ0) is 14.8. The van der Waals surface area contributed by atoms with Crippen molar-refractivity contribution in [3.05, 3.63) is 48.0 Å². The van der Waals surface area contributed by atoms with Crippen molar-refractivity contribution in [2.45, 2.75) is 45.1 Å². The molecule has 0 fully saturated rings. The molecule has 2 aromatic carbocycles. The van der Waals surface area contributed by atoms with Gasteiger partial charge in [0, 0.05) is 13.2 Å². The Morgan fingerprint density at radius 1 is 0.762 bits per heavy atom. The number of aliphatic hydroxyl groups excluding tert-OH is 1. The molecule has 0 saturated carbocycles. The van der Waals surface area contributed by atoms with Gasteiger partial charge in [-0.3, -0.25) is 0 Å². The lowest BCUT2D eigenvalue weighted by Crippen LogP contribution is -1.96. The lowest BCUT2D eigenvalue weighted by atomic mass is 10.1. The summed E-state index contributed by atoms with van der Waals surface area (Å²) in [5.74, 6) is 0. The van der Waals surface area contributed by atoms with Crippen molar-refractivity contribution in [1.29, 1.82) is 0 Å². The van der Waals surface area contributed by atoms with Crippen LogP contribution in [-0.4, -0.2) is 18.3 Å². The van der Waals surface area contributed by atoms with Gasteiger partial charge in [-0.1, -0.05) is 68.1 Å². The van der Waals surface area contributed by atoms with Gasteiger partial charge in [0.15, 0.2) is 0 Å². The van der Waals surface area contributed by atoms with E-state index in [1.807, 2.05) is 0 Å². The third-order valence-electron chi connectivity index (χ3n) is 3.83. The van der Waals surface area contributed by atoms with Gasteiger partial charge >= 0.3 is 0 Å². The van der Waals surface area contributed by atoms with E-state index in [2.05, 4.69) is 42.5 Å². The molecule has 2 nitrogen and oxygen atoms in total. The van der Waals surface area contributed by atoms with Crippen LogP contribution in [-0.2, 0) is 11.3 Å². The summed E-state index contributed by atoms with van der Waals surface area (Å²) in [4.78, 5) is 0. The Hall–Kier alpha value is -1.38. The van der Waals surface area contributed by atoms with E-state index >= 15 is 0 Å². The maximum absolute atomic E-state index is 8.70. The molecule has 1 N–H and O–H groups in total. The molecule has 0 bridgehead atoms. The molecule has 0 unspecified atom stereocenters. The number of hydrogen-bond acceptors (Lipinski definition) is 2. The maximum atomic E-state index is 8.70. The van der Waals surface area contributed by atoms with Crippen LogP contribution >= 0.6 is 0 Å². The highest BCUT2D eigenvalue weighted by Crippen LogP contribution is 2.19. The van der Waals surface area contributed by atoms with Crippen molar-refractivity contribution in [3.63, 3.8) is 0 Å². The van der Waals surface area contributed by atoms with E-state index < -0.39 is 0 Å². The van der Waals surface area contributed by atoms with Gasteiger partial charge in [0.2, 0.25) is 0 Å². The lowest BCUT2D eigenvalue weighted by Gasteiger charge is -2.08. The summed E-state index contributed by atoms with van der Waals surface area (Å²) < 4.78 is 5.82. The summed E-state index contributed by atoms with van der Waals surface area (Å²) in [7, 11) is 0. The molecule has 0 aromatic heterocycles. The Labute approximate surface area is 127 Å². The second kappa shape index (κ2) is 9.54. The molecular weight excluding hydrogens is 260 g/mol. The van der Waals surface area contributed by atoms with Crippen molar-refractivity contribution < 1.29 is 9.84 Å². The van der Waals surface area contributed by atoms with E-state index in [-0.39, 0.29) is 0 Å². The first-order valence-electron chi connectivity index (χ1n) is 8.07. The third kappa shape index (κ3) is 5.49. The Morgan fingerprint density at radius 3 is 2.33 bits per heavy atom. The van der Waals surface area contributed by atoms with Crippen LogP contribution in [0.2, 0.25) is 0 Å². The van der Waals surface area contributed by atoms with E-state index in [4.69, 9.17) is 9.84 Å². The largest absolute Gasteiger partial charge is 0.396 e. The second-order valence-electron chi connectivity index (χ2n) is 5.54. The van der Waals surface area contributed by atoms with E-state index in [1.165, 1.54) is 35.6 Å². The molecule has 0 heterocycles. The van der Waals surface area contributed by atoms with Crippen molar-refractivity contribution in [2.24, 2.45) is 0 Å². The molecule has 2 aromatic rings. The van der Waals surface area contributed by atoms with E-state index in [0.717, 1.165) is 25.9 Å². The summed E-state index contributed by atoms with van der Waals surface area (Å²) in [6.45, 7) is 1.86. The quantitative estimate of drug-likeness (QED) is 0.642. The average molecular weight is 286 g/mol. The molecule has 0 amide bonds. The van der Waals surface area contributed by atoms with E-state index in [9.17, 15) is 0 Å². The summed E-state index contributed by atoms with van der Waals surface area (Å²) in [6, 6.07) is 14.9. The van der Waals surface area contributed by atoms with Gasteiger partial charge in [-0.2, -0.15) is 0 Å². The first kappa shape index (κ1) is 16.0. The smallest absolute Gasteiger partial charge is 0.0722 e. The molecule has 0 radical (unpaired) electrons. The predicted octanol–water partition coefficient (Wildman–Crippen LogP) is 4.69. The normalized spacial score (nSPS) is 11.1. The van der Waals surface area contributed by atoms with Gasteiger partial charge < -0.3 is 9.84 Å². The van der Waals surface area contributed by atoms with Crippen LogP contribution in [0.25, 0.3) is 10.8 Å².